The molecule has 2 unspecified atom stereocenters. The van der Waals surface area contributed by atoms with Crippen LogP contribution in [0.4, 0.5) is 0 Å². The number of rotatable bonds is 4. The predicted molar refractivity (Wildman–Crippen MR) is 89.3 cm³/mol. The molecule has 0 bridgehead atoms. The average Bonchev–Trinajstić information content (AvgIpc) is 2.59. The zero-order valence-electron chi connectivity index (χ0n) is 13.2. The summed E-state index contributed by atoms with van der Waals surface area (Å²) in [4.78, 5) is 15.7. The lowest BCUT2D eigenvalue weighted by molar-refractivity contribution is -0.133. The van der Waals surface area contributed by atoms with Crippen LogP contribution in [0.15, 0.2) is 29.2 Å². The summed E-state index contributed by atoms with van der Waals surface area (Å²) in [5.41, 5.74) is 7.57. The van der Waals surface area contributed by atoms with E-state index < -0.39 is 0 Å². The van der Waals surface area contributed by atoms with Crippen molar-refractivity contribution in [2.45, 2.75) is 50.1 Å². The van der Waals surface area contributed by atoms with Gasteiger partial charge in [-0.25, -0.2) is 0 Å². The lowest BCUT2D eigenvalue weighted by atomic mass is 9.95. The second-order valence-electron chi connectivity index (χ2n) is 6.21. The van der Waals surface area contributed by atoms with Gasteiger partial charge < -0.3 is 10.6 Å². The molecule has 2 rings (SSSR count). The van der Waals surface area contributed by atoms with E-state index in [2.05, 4.69) is 44.4 Å². The van der Waals surface area contributed by atoms with Crippen molar-refractivity contribution in [1.82, 2.24) is 4.90 Å². The Morgan fingerprint density at radius 2 is 2.00 bits per heavy atom. The number of hydrogen-bond acceptors (Lipinski definition) is 3. The minimum Gasteiger partial charge on any atom is -0.334 e. The van der Waals surface area contributed by atoms with Crippen molar-refractivity contribution in [3.8, 4) is 0 Å². The molecule has 0 saturated carbocycles. The summed E-state index contributed by atoms with van der Waals surface area (Å²) in [6.07, 6.45) is 4.50. The van der Waals surface area contributed by atoms with E-state index in [0.29, 0.717) is 12.3 Å². The maximum Gasteiger partial charge on any atom is 0.223 e. The minimum atomic E-state index is 0.0123. The Labute approximate surface area is 132 Å². The van der Waals surface area contributed by atoms with E-state index in [4.69, 9.17) is 5.73 Å². The molecule has 4 heteroatoms. The van der Waals surface area contributed by atoms with E-state index in [0.717, 1.165) is 24.9 Å². The summed E-state index contributed by atoms with van der Waals surface area (Å²) in [6, 6.07) is 8.53. The molecule has 0 aromatic heterocycles. The van der Waals surface area contributed by atoms with E-state index in [1.54, 1.807) is 11.8 Å². The zero-order valence-corrected chi connectivity index (χ0v) is 14.0. The highest BCUT2D eigenvalue weighted by atomic mass is 32.2. The lowest BCUT2D eigenvalue weighted by Gasteiger charge is -2.35. The SMILES string of the molecule is CSc1ccc(C2C(N)CCCC(=O)N2CC(C)C)cc1. The Bertz CT molecular complexity index is 472. The highest BCUT2D eigenvalue weighted by Crippen LogP contribution is 2.31. The van der Waals surface area contributed by atoms with Crippen LogP contribution in [-0.2, 0) is 4.79 Å². The molecule has 0 aliphatic carbocycles. The first kappa shape index (κ1) is 16.4. The Morgan fingerprint density at radius 3 is 2.57 bits per heavy atom. The molecular formula is C17H26N2OS. The fraction of sp³-hybridized carbons (Fsp3) is 0.588. The molecular weight excluding hydrogens is 280 g/mol. The van der Waals surface area contributed by atoms with Crippen LogP contribution >= 0.6 is 11.8 Å². The van der Waals surface area contributed by atoms with Crippen LogP contribution in [0.1, 0.15) is 44.7 Å². The molecule has 2 N–H and O–H groups in total. The topological polar surface area (TPSA) is 46.3 Å². The first-order valence-electron chi connectivity index (χ1n) is 7.72. The molecule has 1 aliphatic rings. The molecule has 0 spiro atoms. The van der Waals surface area contributed by atoms with Gasteiger partial charge in [0.15, 0.2) is 0 Å². The van der Waals surface area contributed by atoms with Crippen molar-refractivity contribution in [2.24, 2.45) is 11.7 Å². The van der Waals surface area contributed by atoms with Gasteiger partial charge in [0, 0.05) is 23.9 Å². The van der Waals surface area contributed by atoms with Crippen molar-refractivity contribution in [3.05, 3.63) is 29.8 Å². The first-order chi connectivity index (χ1) is 10.0. The Kier molecular flexibility index (Phi) is 5.71. The predicted octanol–water partition coefficient (Wildman–Crippen LogP) is 3.45. The van der Waals surface area contributed by atoms with Crippen LogP contribution in [0.25, 0.3) is 0 Å². The molecule has 1 saturated heterocycles. The number of nitrogens with zero attached hydrogens (tertiary/aromatic N) is 1. The van der Waals surface area contributed by atoms with Crippen LogP contribution < -0.4 is 5.73 Å². The third-order valence-corrected chi connectivity index (χ3v) is 4.75. The molecule has 1 amide bonds. The van der Waals surface area contributed by atoms with Crippen molar-refractivity contribution >= 4 is 17.7 Å². The quantitative estimate of drug-likeness (QED) is 0.867. The maximum absolute atomic E-state index is 12.5. The van der Waals surface area contributed by atoms with Crippen LogP contribution in [-0.4, -0.2) is 29.6 Å². The average molecular weight is 306 g/mol. The number of thioether (sulfide) groups is 1. The van der Waals surface area contributed by atoms with Gasteiger partial charge in [0.05, 0.1) is 6.04 Å². The van der Waals surface area contributed by atoms with Gasteiger partial charge in [-0.15, -0.1) is 11.8 Å². The summed E-state index contributed by atoms with van der Waals surface area (Å²) in [5.74, 6) is 0.697. The molecule has 21 heavy (non-hydrogen) atoms. The van der Waals surface area contributed by atoms with Gasteiger partial charge in [-0.2, -0.15) is 0 Å². The van der Waals surface area contributed by atoms with Gasteiger partial charge in [0.1, 0.15) is 0 Å². The Morgan fingerprint density at radius 1 is 1.33 bits per heavy atom. The van der Waals surface area contributed by atoms with Crippen molar-refractivity contribution < 1.29 is 4.79 Å². The standard InChI is InChI=1S/C17H26N2OS/c1-12(2)11-19-16(20)6-4-5-15(18)17(19)13-7-9-14(21-3)10-8-13/h7-10,12,15,17H,4-6,11,18H2,1-3H3. The molecule has 1 heterocycles. The normalized spacial score (nSPS) is 23.5. The highest BCUT2D eigenvalue weighted by Gasteiger charge is 2.32. The van der Waals surface area contributed by atoms with E-state index in [1.807, 2.05) is 4.90 Å². The summed E-state index contributed by atoms with van der Waals surface area (Å²) in [6.45, 7) is 5.08. The number of likely N-dealkylation sites (tertiary alicyclic amines) is 1. The molecule has 1 aliphatic heterocycles. The van der Waals surface area contributed by atoms with E-state index in [-0.39, 0.29) is 18.0 Å². The number of carbonyl (C=O) groups excluding carboxylic acids is 1. The summed E-state index contributed by atoms with van der Waals surface area (Å²) in [7, 11) is 0. The van der Waals surface area contributed by atoms with Gasteiger partial charge in [-0.05, 0) is 42.7 Å². The number of carbonyl (C=O) groups is 1. The Balaban J connectivity index is 2.33. The van der Waals surface area contributed by atoms with E-state index in [9.17, 15) is 4.79 Å². The summed E-state index contributed by atoms with van der Waals surface area (Å²) >= 11 is 1.73. The van der Waals surface area contributed by atoms with Crippen molar-refractivity contribution in [1.29, 1.82) is 0 Å². The van der Waals surface area contributed by atoms with Gasteiger partial charge in [-0.1, -0.05) is 26.0 Å². The van der Waals surface area contributed by atoms with Crippen LogP contribution in [0.5, 0.6) is 0 Å². The summed E-state index contributed by atoms with van der Waals surface area (Å²) in [5, 5.41) is 0. The van der Waals surface area contributed by atoms with Crippen LogP contribution in [0.2, 0.25) is 0 Å². The van der Waals surface area contributed by atoms with Crippen LogP contribution in [0, 0.1) is 5.92 Å². The highest BCUT2D eigenvalue weighted by molar-refractivity contribution is 7.98. The second-order valence-corrected chi connectivity index (χ2v) is 7.09. The van der Waals surface area contributed by atoms with Crippen molar-refractivity contribution in [3.63, 3.8) is 0 Å². The molecule has 1 aromatic carbocycles. The molecule has 1 fully saturated rings. The maximum atomic E-state index is 12.5. The third kappa shape index (κ3) is 4.01. The van der Waals surface area contributed by atoms with E-state index in [1.165, 1.54) is 4.90 Å². The fourth-order valence-corrected chi connectivity index (χ4v) is 3.42. The zero-order chi connectivity index (χ0) is 15.4. The van der Waals surface area contributed by atoms with Gasteiger partial charge in [0.25, 0.3) is 0 Å². The summed E-state index contributed by atoms with van der Waals surface area (Å²) < 4.78 is 0. The Hall–Kier alpha value is -1.00. The molecule has 1 aromatic rings. The largest absolute Gasteiger partial charge is 0.334 e. The van der Waals surface area contributed by atoms with Gasteiger partial charge in [-0.3, -0.25) is 4.79 Å². The number of benzene rings is 1. The number of nitrogens with two attached hydrogens (primary N) is 1. The molecule has 0 radical (unpaired) electrons. The fourth-order valence-electron chi connectivity index (χ4n) is 3.01. The number of amides is 1. The van der Waals surface area contributed by atoms with Gasteiger partial charge in [0.2, 0.25) is 5.91 Å². The lowest BCUT2D eigenvalue weighted by Crippen LogP contribution is -2.43. The molecule has 116 valence electrons. The second kappa shape index (κ2) is 7.32. The van der Waals surface area contributed by atoms with E-state index >= 15 is 0 Å². The molecule has 3 nitrogen and oxygen atoms in total. The number of hydrogen-bond donors (Lipinski definition) is 1. The minimum absolute atomic E-state index is 0.0123. The van der Waals surface area contributed by atoms with Gasteiger partial charge >= 0.3 is 0 Å². The molecule has 2 atom stereocenters. The third-order valence-electron chi connectivity index (χ3n) is 4.01. The van der Waals surface area contributed by atoms with Crippen molar-refractivity contribution in [2.75, 3.05) is 12.8 Å². The smallest absolute Gasteiger partial charge is 0.223 e. The monoisotopic (exact) mass is 306 g/mol. The van der Waals surface area contributed by atoms with Crippen LogP contribution in [0.3, 0.4) is 0 Å². The first-order valence-corrected chi connectivity index (χ1v) is 8.94.